The van der Waals surface area contributed by atoms with Crippen LogP contribution in [0.3, 0.4) is 0 Å². The van der Waals surface area contributed by atoms with Gasteiger partial charge >= 0.3 is 0 Å². The van der Waals surface area contributed by atoms with Crippen LogP contribution >= 0.6 is 11.3 Å². The first-order valence-electron chi connectivity index (χ1n) is 9.09. The van der Waals surface area contributed by atoms with Crippen LogP contribution in [0.5, 0.6) is 0 Å². The third-order valence-electron chi connectivity index (χ3n) is 4.49. The minimum Gasteiger partial charge on any atom is -0.457 e. The highest BCUT2D eigenvalue weighted by atomic mass is 32.1. The van der Waals surface area contributed by atoms with E-state index in [0.717, 1.165) is 20.9 Å². The highest BCUT2D eigenvalue weighted by molar-refractivity contribution is 7.21. The molecule has 1 N–H and O–H groups in total. The number of benzene rings is 2. The molecule has 0 aliphatic heterocycles. The van der Waals surface area contributed by atoms with Gasteiger partial charge in [-0.2, -0.15) is 5.10 Å². The number of carbonyl (C=O) groups is 1. The molecule has 5 aromatic rings. The molecular weight excluding hydrogens is 384 g/mol. The van der Waals surface area contributed by atoms with Crippen molar-refractivity contribution in [2.75, 3.05) is 0 Å². The summed E-state index contributed by atoms with van der Waals surface area (Å²) in [6.07, 6.45) is 3.57. The van der Waals surface area contributed by atoms with Crippen molar-refractivity contribution in [3.63, 3.8) is 0 Å². The van der Waals surface area contributed by atoms with Crippen molar-refractivity contribution < 1.29 is 9.21 Å². The van der Waals surface area contributed by atoms with Gasteiger partial charge in [0.15, 0.2) is 10.8 Å². The fraction of sp³-hybridized carbons (Fsp3) is 0.0455. The van der Waals surface area contributed by atoms with Crippen molar-refractivity contribution in [3.8, 4) is 16.5 Å². The van der Waals surface area contributed by atoms with Crippen LogP contribution < -0.4 is 5.32 Å². The van der Waals surface area contributed by atoms with Crippen LogP contribution in [0.2, 0.25) is 0 Å². The Hall–Kier alpha value is -3.71. The molecule has 1 amide bonds. The van der Waals surface area contributed by atoms with Crippen LogP contribution in [-0.2, 0) is 6.54 Å². The molecule has 7 heteroatoms. The van der Waals surface area contributed by atoms with Crippen molar-refractivity contribution in [2.45, 2.75) is 6.54 Å². The van der Waals surface area contributed by atoms with Gasteiger partial charge in [-0.3, -0.25) is 4.79 Å². The number of fused-ring (bicyclic) bond motifs is 1. The topological polar surface area (TPSA) is 73.0 Å². The molecule has 0 spiro atoms. The molecule has 0 unspecified atom stereocenters. The average molecular weight is 400 g/mol. The Kier molecular flexibility index (Phi) is 4.42. The molecule has 0 fully saturated rings. The molecule has 5 rings (SSSR count). The number of hydrogen-bond acceptors (Lipinski definition) is 5. The number of carbonyl (C=O) groups excluding carboxylic acids is 1. The molecule has 0 aliphatic rings. The average Bonchev–Trinajstić information content (AvgIpc) is 3.52. The highest BCUT2D eigenvalue weighted by Crippen LogP contribution is 2.31. The van der Waals surface area contributed by atoms with Crippen LogP contribution in [0.25, 0.3) is 26.7 Å². The van der Waals surface area contributed by atoms with Gasteiger partial charge in [0.25, 0.3) is 5.91 Å². The van der Waals surface area contributed by atoms with Gasteiger partial charge in [-0.1, -0.05) is 12.1 Å². The number of nitrogens with zero attached hydrogens (tertiary/aromatic N) is 3. The second-order valence-electron chi connectivity index (χ2n) is 6.43. The van der Waals surface area contributed by atoms with E-state index in [1.807, 2.05) is 60.8 Å². The summed E-state index contributed by atoms with van der Waals surface area (Å²) in [6.45, 7) is 0.310. The molecule has 142 valence electrons. The van der Waals surface area contributed by atoms with E-state index in [2.05, 4.69) is 15.4 Å². The SMILES string of the molecule is O=C(NCc1ccc(-c2nc3ccccc3s2)o1)c1ccc(-n2cccn2)cc1. The summed E-state index contributed by atoms with van der Waals surface area (Å²) >= 11 is 1.59. The molecule has 0 bridgehead atoms. The predicted octanol–water partition coefficient (Wildman–Crippen LogP) is 4.67. The van der Waals surface area contributed by atoms with Gasteiger partial charge in [-0.25, -0.2) is 9.67 Å². The maximum Gasteiger partial charge on any atom is 0.251 e. The largest absolute Gasteiger partial charge is 0.457 e. The van der Waals surface area contributed by atoms with Crippen LogP contribution in [0.15, 0.2) is 83.5 Å². The quantitative estimate of drug-likeness (QED) is 0.465. The summed E-state index contributed by atoms with van der Waals surface area (Å²) in [5, 5.41) is 7.90. The number of amides is 1. The fourth-order valence-corrected chi connectivity index (χ4v) is 3.95. The van der Waals surface area contributed by atoms with Crippen LogP contribution in [0, 0.1) is 0 Å². The standard InChI is InChI=1S/C22H16N4O2S/c27-21(15-6-8-16(9-7-15)26-13-3-12-24-26)23-14-17-10-11-19(28-17)22-25-18-4-1-2-5-20(18)29-22/h1-13H,14H2,(H,23,27). The normalized spacial score (nSPS) is 11.0. The second kappa shape index (κ2) is 7.37. The number of furan rings is 1. The van der Waals surface area contributed by atoms with Crippen molar-refractivity contribution in [3.05, 3.63) is 90.4 Å². The minimum absolute atomic E-state index is 0.157. The summed E-state index contributed by atoms with van der Waals surface area (Å²) < 4.78 is 8.74. The zero-order valence-electron chi connectivity index (χ0n) is 15.3. The van der Waals surface area contributed by atoms with E-state index < -0.39 is 0 Å². The monoisotopic (exact) mass is 400 g/mol. The van der Waals surface area contributed by atoms with Crippen molar-refractivity contribution >= 4 is 27.5 Å². The number of hydrogen-bond donors (Lipinski definition) is 1. The molecule has 0 atom stereocenters. The molecule has 0 saturated carbocycles. The van der Waals surface area contributed by atoms with E-state index in [9.17, 15) is 4.79 Å². The van der Waals surface area contributed by atoms with E-state index in [0.29, 0.717) is 23.6 Å². The Labute approximate surface area is 170 Å². The zero-order chi connectivity index (χ0) is 19.6. The van der Waals surface area contributed by atoms with Gasteiger partial charge in [0.1, 0.15) is 5.76 Å². The summed E-state index contributed by atoms with van der Waals surface area (Å²) in [4.78, 5) is 17.0. The van der Waals surface area contributed by atoms with Gasteiger partial charge in [-0.05, 0) is 54.6 Å². The molecule has 3 aromatic heterocycles. The molecule has 0 aliphatic carbocycles. The maximum atomic E-state index is 12.4. The van der Waals surface area contributed by atoms with Gasteiger partial charge < -0.3 is 9.73 Å². The van der Waals surface area contributed by atoms with E-state index in [-0.39, 0.29) is 5.91 Å². The lowest BCUT2D eigenvalue weighted by Crippen LogP contribution is -2.22. The molecule has 29 heavy (non-hydrogen) atoms. The lowest BCUT2D eigenvalue weighted by atomic mass is 10.2. The van der Waals surface area contributed by atoms with Crippen molar-refractivity contribution in [2.24, 2.45) is 0 Å². The number of aromatic nitrogens is 3. The van der Waals surface area contributed by atoms with E-state index in [1.54, 1.807) is 34.3 Å². The summed E-state index contributed by atoms with van der Waals surface area (Å²) in [6, 6.07) is 20.9. The molecular formula is C22H16N4O2S. The van der Waals surface area contributed by atoms with Gasteiger partial charge in [0.2, 0.25) is 0 Å². The Morgan fingerprint density at radius 1 is 1.03 bits per heavy atom. The minimum atomic E-state index is -0.157. The van der Waals surface area contributed by atoms with Gasteiger partial charge in [0.05, 0.1) is 22.4 Å². The third kappa shape index (κ3) is 3.55. The molecule has 3 heterocycles. The highest BCUT2D eigenvalue weighted by Gasteiger charge is 2.12. The summed E-state index contributed by atoms with van der Waals surface area (Å²) in [7, 11) is 0. The molecule has 0 saturated heterocycles. The van der Waals surface area contributed by atoms with Gasteiger partial charge in [-0.15, -0.1) is 11.3 Å². The summed E-state index contributed by atoms with van der Waals surface area (Å²) in [5.41, 5.74) is 2.44. The van der Waals surface area contributed by atoms with Gasteiger partial charge in [0, 0.05) is 18.0 Å². The number of para-hydroxylation sites is 1. The Balaban J connectivity index is 1.25. The first-order valence-corrected chi connectivity index (χ1v) is 9.91. The lowest BCUT2D eigenvalue weighted by molar-refractivity contribution is 0.0948. The Morgan fingerprint density at radius 2 is 1.90 bits per heavy atom. The molecule has 2 aromatic carbocycles. The van der Waals surface area contributed by atoms with E-state index >= 15 is 0 Å². The predicted molar refractivity (Wildman–Crippen MR) is 112 cm³/mol. The van der Waals surface area contributed by atoms with E-state index in [1.165, 1.54) is 0 Å². The van der Waals surface area contributed by atoms with Crippen LogP contribution in [0.4, 0.5) is 0 Å². The summed E-state index contributed by atoms with van der Waals surface area (Å²) in [5.74, 6) is 1.23. The fourth-order valence-electron chi connectivity index (χ4n) is 3.02. The van der Waals surface area contributed by atoms with E-state index in [4.69, 9.17) is 4.42 Å². The Morgan fingerprint density at radius 3 is 2.69 bits per heavy atom. The number of rotatable bonds is 5. The first-order chi connectivity index (χ1) is 14.3. The third-order valence-corrected chi connectivity index (χ3v) is 5.54. The molecule has 6 nitrogen and oxygen atoms in total. The molecule has 0 radical (unpaired) electrons. The number of nitrogens with one attached hydrogen (secondary N) is 1. The number of thiazole rings is 1. The Bertz CT molecular complexity index is 1240. The zero-order valence-corrected chi connectivity index (χ0v) is 16.1. The van der Waals surface area contributed by atoms with Crippen LogP contribution in [-0.4, -0.2) is 20.7 Å². The van der Waals surface area contributed by atoms with Crippen molar-refractivity contribution in [1.82, 2.24) is 20.1 Å². The second-order valence-corrected chi connectivity index (χ2v) is 7.46. The first kappa shape index (κ1) is 17.4. The van der Waals surface area contributed by atoms with Crippen LogP contribution in [0.1, 0.15) is 16.1 Å². The van der Waals surface area contributed by atoms with Crippen molar-refractivity contribution in [1.29, 1.82) is 0 Å². The lowest BCUT2D eigenvalue weighted by Gasteiger charge is -2.05. The maximum absolute atomic E-state index is 12.4. The smallest absolute Gasteiger partial charge is 0.251 e.